The number of carbonyl (C=O) groups is 2. The van der Waals surface area contributed by atoms with E-state index in [1.54, 1.807) is 9.80 Å². The van der Waals surface area contributed by atoms with E-state index in [-0.39, 0.29) is 24.9 Å². The van der Waals surface area contributed by atoms with E-state index in [1.165, 1.54) is 0 Å². The summed E-state index contributed by atoms with van der Waals surface area (Å²) >= 11 is 0. The molecule has 0 bridgehead atoms. The molecule has 0 saturated carbocycles. The second-order valence-electron chi connectivity index (χ2n) is 6.11. The molecule has 1 saturated heterocycles. The van der Waals surface area contributed by atoms with E-state index < -0.39 is 18.9 Å². The number of halogens is 3. The Morgan fingerprint density at radius 3 is 2.33 bits per heavy atom. The topological polar surface area (TPSA) is 59.1 Å². The Balaban J connectivity index is 2.31. The lowest BCUT2D eigenvalue weighted by Gasteiger charge is -2.22. The van der Waals surface area contributed by atoms with E-state index in [0.717, 1.165) is 0 Å². The van der Waals surface area contributed by atoms with Crippen molar-refractivity contribution in [2.24, 2.45) is 5.92 Å². The van der Waals surface area contributed by atoms with Gasteiger partial charge in [0.1, 0.15) is 6.61 Å². The molecule has 1 heterocycles. The highest BCUT2D eigenvalue weighted by Gasteiger charge is 2.28. The van der Waals surface area contributed by atoms with Crippen molar-refractivity contribution in [1.82, 2.24) is 9.80 Å². The quantitative estimate of drug-likeness (QED) is 0.687. The Labute approximate surface area is 139 Å². The van der Waals surface area contributed by atoms with Crippen molar-refractivity contribution in [3.63, 3.8) is 0 Å². The molecule has 0 atom stereocenters. The largest absolute Gasteiger partial charge is 0.449 e. The fraction of sp³-hybridized carbons (Fsp3) is 0.867. The van der Waals surface area contributed by atoms with Crippen molar-refractivity contribution in [3.8, 4) is 0 Å². The molecule has 0 unspecified atom stereocenters. The Morgan fingerprint density at radius 2 is 1.71 bits per heavy atom. The minimum absolute atomic E-state index is 0.103. The second kappa shape index (κ2) is 9.71. The van der Waals surface area contributed by atoms with Gasteiger partial charge in [0.2, 0.25) is 5.91 Å². The standard InChI is InChI=1S/C15H25F3N2O4/c1-12(2)10-24-14(22)20-6-3-5-19(7-8-20)13(21)4-9-23-11-15(16,17)18/h12H,3-11H2,1-2H3. The molecular weight excluding hydrogens is 329 g/mol. The van der Waals surface area contributed by atoms with Gasteiger partial charge in [-0.25, -0.2) is 4.79 Å². The number of carbonyl (C=O) groups excluding carboxylic acids is 2. The third-order valence-electron chi connectivity index (χ3n) is 3.37. The van der Waals surface area contributed by atoms with Crippen LogP contribution in [0.15, 0.2) is 0 Å². The van der Waals surface area contributed by atoms with Crippen LogP contribution < -0.4 is 0 Å². The molecule has 1 aliphatic rings. The molecule has 1 aliphatic heterocycles. The zero-order valence-electron chi connectivity index (χ0n) is 14.1. The average molecular weight is 354 g/mol. The Morgan fingerprint density at radius 1 is 1.08 bits per heavy atom. The maximum Gasteiger partial charge on any atom is 0.411 e. The summed E-state index contributed by atoms with van der Waals surface area (Å²) in [7, 11) is 0. The van der Waals surface area contributed by atoms with Gasteiger partial charge in [0, 0.05) is 26.2 Å². The first-order valence-electron chi connectivity index (χ1n) is 8.03. The summed E-state index contributed by atoms with van der Waals surface area (Å²) in [5, 5.41) is 0. The van der Waals surface area contributed by atoms with Gasteiger partial charge in [0.15, 0.2) is 0 Å². The summed E-state index contributed by atoms with van der Waals surface area (Å²) in [6.45, 7) is 4.26. The third kappa shape index (κ3) is 8.37. The van der Waals surface area contributed by atoms with Gasteiger partial charge in [-0.15, -0.1) is 0 Å². The Hall–Kier alpha value is -1.51. The number of alkyl halides is 3. The minimum Gasteiger partial charge on any atom is -0.449 e. The lowest BCUT2D eigenvalue weighted by atomic mass is 10.2. The number of rotatable bonds is 6. The zero-order valence-corrected chi connectivity index (χ0v) is 14.1. The van der Waals surface area contributed by atoms with Gasteiger partial charge in [-0.2, -0.15) is 13.2 Å². The molecule has 0 aromatic carbocycles. The van der Waals surface area contributed by atoms with Gasteiger partial charge in [-0.1, -0.05) is 13.8 Å². The van der Waals surface area contributed by atoms with Gasteiger partial charge in [-0.05, 0) is 12.3 Å². The fourth-order valence-corrected chi connectivity index (χ4v) is 2.18. The predicted molar refractivity (Wildman–Crippen MR) is 80.4 cm³/mol. The van der Waals surface area contributed by atoms with Crippen molar-refractivity contribution in [2.45, 2.75) is 32.9 Å². The van der Waals surface area contributed by atoms with Crippen LogP contribution in [-0.2, 0) is 14.3 Å². The van der Waals surface area contributed by atoms with Crippen LogP contribution in [0.2, 0.25) is 0 Å². The van der Waals surface area contributed by atoms with Crippen molar-refractivity contribution in [3.05, 3.63) is 0 Å². The molecule has 2 amide bonds. The Kier molecular flexibility index (Phi) is 8.30. The van der Waals surface area contributed by atoms with Crippen LogP contribution in [0.4, 0.5) is 18.0 Å². The van der Waals surface area contributed by atoms with Gasteiger partial charge in [0.05, 0.1) is 19.6 Å². The molecule has 6 nitrogen and oxygen atoms in total. The van der Waals surface area contributed by atoms with E-state index in [0.29, 0.717) is 39.2 Å². The van der Waals surface area contributed by atoms with Crippen LogP contribution in [0.25, 0.3) is 0 Å². The molecule has 0 aliphatic carbocycles. The normalized spacial score (nSPS) is 16.2. The zero-order chi connectivity index (χ0) is 18.2. The Bertz CT molecular complexity index is 416. The average Bonchev–Trinajstić information content (AvgIpc) is 2.74. The smallest absolute Gasteiger partial charge is 0.411 e. The van der Waals surface area contributed by atoms with Crippen LogP contribution in [-0.4, -0.2) is 74.0 Å². The summed E-state index contributed by atoms with van der Waals surface area (Å²) in [6, 6.07) is 0. The molecule has 0 radical (unpaired) electrons. The highest BCUT2D eigenvalue weighted by Crippen LogP contribution is 2.14. The maximum absolute atomic E-state index is 12.0. The molecule has 0 spiro atoms. The number of hydrogen-bond acceptors (Lipinski definition) is 4. The second-order valence-corrected chi connectivity index (χ2v) is 6.11. The van der Waals surface area contributed by atoms with E-state index in [1.807, 2.05) is 13.8 Å². The number of ether oxygens (including phenoxy) is 2. The van der Waals surface area contributed by atoms with Gasteiger partial charge < -0.3 is 19.3 Å². The van der Waals surface area contributed by atoms with Crippen LogP contribution in [0.1, 0.15) is 26.7 Å². The van der Waals surface area contributed by atoms with E-state index in [4.69, 9.17) is 4.74 Å². The van der Waals surface area contributed by atoms with Crippen LogP contribution in [0.5, 0.6) is 0 Å². The summed E-state index contributed by atoms with van der Waals surface area (Å²) in [5.41, 5.74) is 0. The lowest BCUT2D eigenvalue weighted by Crippen LogP contribution is -2.38. The van der Waals surface area contributed by atoms with Gasteiger partial charge >= 0.3 is 12.3 Å². The van der Waals surface area contributed by atoms with Crippen LogP contribution in [0.3, 0.4) is 0 Å². The molecule has 24 heavy (non-hydrogen) atoms. The highest BCUT2D eigenvalue weighted by molar-refractivity contribution is 5.76. The molecule has 9 heteroatoms. The lowest BCUT2D eigenvalue weighted by molar-refractivity contribution is -0.175. The minimum atomic E-state index is -4.39. The summed E-state index contributed by atoms with van der Waals surface area (Å²) in [6.07, 6.45) is -4.28. The summed E-state index contributed by atoms with van der Waals surface area (Å²) in [4.78, 5) is 27.0. The molecule has 0 aromatic heterocycles. The highest BCUT2D eigenvalue weighted by atomic mass is 19.4. The first-order valence-corrected chi connectivity index (χ1v) is 8.03. The van der Waals surface area contributed by atoms with Crippen LogP contribution >= 0.6 is 0 Å². The van der Waals surface area contributed by atoms with E-state index >= 15 is 0 Å². The maximum atomic E-state index is 12.0. The van der Waals surface area contributed by atoms with E-state index in [9.17, 15) is 22.8 Å². The molecule has 140 valence electrons. The SMILES string of the molecule is CC(C)COC(=O)N1CCCN(C(=O)CCOCC(F)(F)F)CC1. The molecular formula is C15H25F3N2O4. The van der Waals surface area contributed by atoms with Crippen molar-refractivity contribution in [1.29, 1.82) is 0 Å². The van der Waals surface area contributed by atoms with Gasteiger partial charge in [0.25, 0.3) is 0 Å². The fourth-order valence-electron chi connectivity index (χ4n) is 2.18. The van der Waals surface area contributed by atoms with Gasteiger partial charge in [-0.3, -0.25) is 4.79 Å². The molecule has 0 aromatic rings. The predicted octanol–water partition coefficient (Wildman–Crippen LogP) is 2.28. The molecule has 1 rings (SSSR count). The monoisotopic (exact) mass is 354 g/mol. The number of amides is 2. The molecule has 0 N–H and O–H groups in total. The van der Waals surface area contributed by atoms with Crippen LogP contribution in [0, 0.1) is 5.92 Å². The van der Waals surface area contributed by atoms with Crippen molar-refractivity contribution >= 4 is 12.0 Å². The number of nitrogens with zero attached hydrogens (tertiary/aromatic N) is 2. The first kappa shape index (κ1) is 20.5. The van der Waals surface area contributed by atoms with Crippen molar-refractivity contribution in [2.75, 3.05) is 46.0 Å². The first-order chi connectivity index (χ1) is 11.2. The summed E-state index contributed by atoms with van der Waals surface area (Å²) in [5.74, 6) is -0.0229. The molecule has 1 fully saturated rings. The summed E-state index contributed by atoms with van der Waals surface area (Å²) < 4.78 is 45.5. The third-order valence-corrected chi connectivity index (χ3v) is 3.37. The van der Waals surface area contributed by atoms with Crippen molar-refractivity contribution < 1.29 is 32.2 Å². The van der Waals surface area contributed by atoms with E-state index in [2.05, 4.69) is 4.74 Å². The number of hydrogen-bond donors (Lipinski definition) is 0.